The fourth-order valence-electron chi connectivity index (χ4n) is 1.11. The van der Waals surface area contributed by atoms with E-state index >= 15 is 0 Å². The van der Waals surface area contributed by atoms with Crippen molar-refractivity contribution in [3.05, 3.63) is 29.8 Å². The van der Waals surface area contributed by atoms with E-state index in [-0.39, 0.29) is 0 Å². The van der Waals surface area contributed by atoms with Gasteiger partial charge in [0, 0.05) is 6.17 Å². The highest BCUT2D eigenvalue weighted by Crippen LogP contribution is 2.10. The molecule has 0 bridgehead atoms. The molecule has 3 nitrogen and oxygen atoms in total. The molecule has 1 N–H and O–H groups in total. The number of benzene rings is 1. The van der Waals surface area contributed by atoms with E-state index in [4.69, 9.17) is 0 Å². The number of hydrogen-bond donors (Lipinski definition) is 1. The molecule has 5 heteroatoms. The molecule has 1 aromatic carbocycles. The maximum Gasteiger partial charge on any atom is 0.240 e. The Kier molecular flexibility index (Phi) is 3.93. The Morgan fingerprint density at radius 1 is 1.12 bits per heavy atom. The zero-order valence-corrected chi connectivity index (χ0v) is 12.1. The Balaban J connectivity index is 2.83. The first kappa shape index (κ1) is 13.4. The molecule has 0 heterocycles. The normalized spacial score (nSPS) is 12.8. The van der Waals surface area contributed by atoms with Gasteiger partial charge in [-0.15, -0.1) is 0 Å². The van der Waals surface area contributed by atoms with Crippen LogP contribution in [0.15, 0.2) is 29.2 Å². The van der Waals surface area contributed by atoms with Gasteiger partial charge in [-0.3, -0.25) is 0 Å². The molecule has 0 saturated heterocycles. The van der Waals surface area contributed by atoms with Gasteiger partial charge in [-0.2, -0.15) is 0 Å². The van der Waals surface area contributed by atoms with Gasteiger partial charge in [-0.1, -0.05) is 37.3 Å². The lowest BCUT2D eigenvalue weighted by Crippen LogP contribution is -2.39. The second-order valence-corrected chi connectivity index (χ2v) is 12.4. The largest absolute Gasteiger partial charge is 0.240 e. The molecule has 0 aliphatic heterocycles. The quantitative estimate of drug-likeness (QED) is 0.840. The van der Waals surface area contributed by atoms with Gasteiger partial charge in [0.1, 0.15) is 0 Å². The van der Waals surface area contributed by atoms with Crippen LogP contribution in [0.25, 0.3) is 0 Å². The van der Waals surface area contributed by atoms with Crippen LogP contribution < -0.4 is 4.72 Å². The highest BCUT2D eigenvalue weighted by molar-refractivity contribution is 7.89. The minimum Gasteiger partial charge on any atom is -0.214 e. The Morgan fingerprint density at radius 2 is 1.62 bits per heavy atom. The molecule has 0 atom stereocenters. The summed E-state index contributed by atoms with van der Waals surface area (Å²) in [6, 6.07) is 6.90. The zero-order chi connectivity index (χ0) is 12.4. The Labute approximate surface area is 98.9 Å². The summed E-state index contributed by atoms with van der Waals surface area (Å²) >= 11 is 0. The second kappa shape index (κ2) is 4.69. The van der Waals surface area contributed by atoms with Crippen LogP contribution in [0.5, 0.6) is 0 Å². The summed E-state index contributed by atoms with van der Waals surface area (Å²) in [7, 11) is -4.73. The minimum absolute atomic E-state index is 0.344. The van der Waals surface area contributed by atoms with Crippen molar-refractivity contribution in [1.29, 1.82) is 0 Å². The lowest BCUT2D eigenvalue weighted by molar-refractivity contribution is 0.586. The lowest BCUT2D eigenvalue weighted by Gasteiger charge is -2.16. The van der Waals surface area contributed by atoms with Crippen molar-refractivity contribution in [1.82, 2.24) is 4.72 Å². The molecule has 0 unspecified atom stereocenters. The molecule has 0 amide bonds. The van der Waals surface area contributed by atoms with Crippen molar-refractivity contribution in [3.8, 4) is 0 Å². The van der Waals surface area contributed by atoms with Crippen molar-refractivity contribution < 1.29 is 8.42 Å². The van der Waals surface area contributed by atoms with Crippen molar-refractivity contribution >= 4 is 18.1 Å². The molecule has 0 aliphatic carbocycles. The van der Waals surface area contributed by atoms with Crippen molar-refractivity contribution in [2.45, 2.75) is 31.5 Å². The molecular weight excluding hydrogens is 238 g/mol. The van der Waals surface area contributed by atoms with Crippen LogP contribution >= 0.6 is 0 Å². The van der Waals surface area contributed by atoms with Gasteiger partial charge in [0.2, 0.25) is 10.0 Å². The van der Waals surface area contributed by atoms with Crippen molar-refractivity contribution in [2.75, 3.05) is 6.17 Å². The lowest BCUT2D eigenvalue weighted by atomic mass is 10.2. The molecule has 16 heavy (non-hydrogen) atoms. The van der Waals surface area contributed by atoms with E-state index in [0.29, 0.717) is 11.1 Å². The first-order valence-electron chi connectivity index (χ1n) is 5.27. The van der Waals surface area contributed by atoms with E-state index in [1.807, 2.05) is 19.1 Å². The van der Waals surface area contributed by atoms with Gasteiger partial charge in [-0.25, -0.2) is 13.1 Å². The molecule has 0 fully saturated rings. The maximum atomic E-state index is 11.9. The number of aryl methyl sites for hydroxylation is 1. The Morgan fingerprint density at radius 3 is 2.06 bits per heavy atom. The summed E-state index contributed by atoms with van der Waals surface area (Å²) < 4.78 is 26.5. The van der Waals surface area contributed by atoms with Crippen LogP contribution in [-0.4, -0.2) is 22.7 Å². The minimum atomic E-state index is -3.33. The van der Waals surface area contributed by atoms with Gasteiger partial charge in [-0.05, 0) is 19.1 Å². The van der Waals surface area contributed by atoms with Crippen LogP contribution in [0.4, 0.5) is 0 Å². The summed E-state index contributed by atoms with van der Waals surface area (Å²) in [6.07, 6.45) is 0.573. The third-order valence-corrected chi connectivity index (χ3v) is 5.03. The van der Waals surface area contributed by atoms with E-state index in [1.54, 1.807) is 12.1 Å². The number of nitrogens with one attached hydrogen (secondary N) is 1. The van der Waals surface area contributed by atoms with Crippen LogP contribution in [0.3, 0.4) is 0 Å². The molecule has 0 aliphatic rings. The Hall–Kier alpha value is -0.653. The standard InChI is InChI=1S/C11H19NO2SSi/c1-10-5-7-11(8-6-10)15(13,14)12-9-16(2,3)4/h5-8,12H,9H2,1-4H3. The van der Waals surface area contributed by atoms with Crippen LogP contribution in [-0.2, 0) is 10.0 Å². The van der Waals surface area contributed by atoms with Gasteiger partial charge < -0.3 is 0 Å². The monoisotopic (exact) mass is 257 g/mol. The average Bonchev–Trinajstić information content (AvgIpc) is 2.15. The molecular formula is C11H19NO2SSi. The van der Waals surface area contributed by atoms with Gasteiger partial charge >= 0.3 is 0 Å². The second-order valence-electron chi connectivity index (χ2n) is 5.20. The summed E-state index contributed by atoms with van der Waals surface area (Å²) in [5, 5.41) is 0. The molecule has 0 saturated carbocycles. The number of hydrogen-bond acceptors (Lipinski definition) is 2. The van der Waals surface area contributed by atoms with E-state index in [9.17, 15) is 8.42 Å². The first-order chi connectivity index (χ1) is 7.21. The van der Waals surface area contributed by atoms with Crippen molar-refractivity contribution in [3.63, 3.8) is 0 Å². The van der Waals surface area contributed by atoms with E-state index in [0.717, 1.165) is 5.56 Å². The first-order valence-corrected chi connectivity index (χ1v) is 10.5. The predicted molar refractivity (Wildman–Crippen MR) is 69.7 cm³/mol. The molecule has 0 spiro atoms. The van der Waals surface area contributed by atoms with Crippen LogP contribution in [0.1, 0.15) is 5.56 Å². The summed E-state index contributed by atoms with van der Waals surface area (Å²) in [4.78, 5) is 0.344. The van der Waals surface area contributed by atoms with E-state index in [2.05, 4.69) is 24.4 Å². The number of rotatable bonds is 4. The third-order valence-electron chi connectivity index (χ3n) is 2.12. The smallest absolute Gasteiger partial charge is 0.214 e. The predicted octanol–water partition coefficient (Wildman–Crippen LogP) is 2.15. The highest BCUT2D eigenvalue weighted by Gasteiger charge is 2.19. The van der Waals surface area contributed by atoms with Gasteiger partial charge in [0.25, 0.3) is 0 Å². The number of sulfonamides is 1. The SMILES string of the molecule is Cc1ccc(S(=O)(=O)NC[Si](C)(C)C)cc1. The molecule has 0 radical (unpaired) electrons. The summed E-state index contributed by atoms with van der Waals surface area (Å²) in [6.45, 7) is 8.33. The highest BCUT2D eigenvalue weighted by atomic mass is 32.2. The van der Waals surface area contributed by atoms with E-state index in [1.165, 1.54) is 0 Å². The van der Waals surface area contributed by atoms with Crippen LogP contribution in [0, 0.1) is 6.92 Å². The van der Waals surface area contributed by atoms with Gasteiger partial charge in [0.05, 0.1) is 13.0 Å². The average molecular weight is 257 g/mol. The van der Waals surface area contributed by atoms with Crippen LogP contribution in [0.2, 0.25) is 19.6 Å². The molecule has 90 valence electrons. The fourth-order valence-corrected chi connectivity index (χ4v) is 4.27. The zero-order valence-electron chi connectivity index (χ0n) is 10.2. The van der Waals surface area contributed by atoms with Crippen molar-refractivity contribution in [2.24, 2.45) is 0 Å². The fraction of sp³-hybridized carbons (Fsp3) is 0.455. The Bertz CT molecular complexity index is 446. The molecule has 1 rings (SSSR count). The summed E-state index contributed by atoms with van der Waals surface area (Å²) in [5.41, 5.74) is 1.06. The summed E-state index contributed by atoms with van der Waals surface area (Å²) in [5.74, 6) is 0. The third kappa shape index (κ3) is 4.07. The molecule has 1 aromatic rings. The van der Waals surface area contributed by atoms with E-state index < -0.39 is 18.1 Å². The maximum absolute atomic E-state index is 11.9. The topological polar surface area (TPSA) is 46.2 Å². The van der Waals surface area contributed by atoms with Gasteiger partial charge in [0.15, 0.2) is 0 Å². The molecule has 0 aromatic heterocycles.